The van der Waals surface area contributed by atoms with Crippen LogP contribution in [0.3, 0.4) is 0 Å². The molecule has 1 atom stereocenters. The number of aliphatic hydroxyl groups excluding tert-OH is 1. The van der Waals surface area contributed by atoms with Crippen LogP contribution in [0.25, 0.3) is 0 Å². The molecule has 0 bridgehead atoms. The van der Waals surface area contributed by atoms with Gasteiger partial charge in [0.2, 0.25) is 0 Å². The molecule has 1 N–H and O–H groups in total. The highest BCUT2D eigenvalue weighted by Crippen LogP contribution is 2.08. The monoisotopic (exact) mass is 192 g/mol. The highest BCUT2D eigenvalue weighted by molar-refractivity contribution is 6.18. The van der Waals surface area contributed by atoms with Crippen LogP contribution in [0.5, 0.6) is 0 Å². The summed E-state index contributed by atoms with van der Waals surface area (Å²) in [6.07, 6.45) is 8.25. The van der Waals surface area contributed by atoms with Crippen molar-refractivity contribution in [2.45, 2.75) is 58.0 Å². The van der Waals surface area contributed by atoms with Crippen molar-refractivity contribution < 1.29 is 5.11 Å². The summed E-state index contributed by atoms with van der Waals surface area (Å²) < 4.78 is 0. The van der Waals surface area contributed by atoms with Crippen LogP contribution in [0.1, 0.15) is 51.9 Å². The van der Waals surface area contributed by atoms with E-state index in [2.05, 4.69) is 6.92 Å². The predicted molar refractivity (Wildman–Crippen MR) is 54.7 cm³/mol. The topological polar surface area (TPSA) is 20.2 Å². The normalized spacial score (nSPS) is 13.2. The van der Waals surface area contributed by atoms with E-state index in [9.17, 15) is 0 Å². The molecule has 0 amide bonds. The Bertz CT molecular complexity index is 85.9. The van der Waals surface area contributed by atoms with Crippen LogP contribution in [-0.4, -0.2) is 17.1 Å². The second-order valence-corrected chi connectivity index (χ2v) is 3.67. The lowest BCUT2D eigenvalue weighted by Crippen LogP contribution is -2.07. The van der Waals surface area contributed by atoms with Crippen molar-refractivity contribution >= 4 is 11.6 Å². The summed E-state index contributed by atoms with van der Waals surface area (Å²) in [4.78, 5) is 0. The highest BCUT2D eigenvalue weighted by Gasteiger charge is 2.00. The molecule has 0 saturated carbocycles. The van der Waals surface area contributed by atoms with E-state index >= 15 is 0 Å². The van der Waals surface area contributed by atoms with Crippen LogP contribution in [0.2, 0.25) is 0 Å². The van der Waals surface area contributed by atoms with Gasteiger partial charge in [-0.15, -0.1) is 11.6 Å². The standard InChI is InChI=1S/C10H21ClO/c1-2-3-4-5-6-7-8-10(12)9-11/h10,12H,2-9H2,1H3/t10-/m0/s1. The van der Waals surface area contributed by atoms with Crippen LogP contribution >= 0.6 is 11.6 Å². The molecule has 0 saturated heterocycles. The molecule has 0 aromatic carbocycles. The summed E-state index contributed by atoms with van der Waals surface area (Å²) >= 11 is 5.46. The van der Waals surface area contributed by atoms with E-state index < -0.39 is 0 Å². The largest absolute Gasteiger partial charge is 0.392 e. The molecule has 0 aliphatic carbocycles. The first kappa shape index (κ1) is 12.2. The van der Waals surface area contributed by atoms with Gasteiger partial charge in [-0.1, -0.05) is 45.4 Å². The van der Waals surface area contributed by atoms with E-state index in [0.29, 0.717) is 5.88 Å². The van der Waals surface area contributed by atoms with Gasteiger partial charge in [0.25, 0.3) is 0 Å². The first-order valence-electron chi connectivity index (χ1n) is 5.05. The van der Waals surface area contributed by atoms with Gasteiger partial charge >= 0.3 is 0 Å². The second-order valence-electron chi connectivity index (χ2n) is 3.36. The minimum absolute atomic E-state index is 0.280. The third-order valence-corrected chi connectivity index (χ3v) is 2.43. The molecule has 12 heavy (non-hydrogen) atoms. The molecule has 0 spiro atoms. The zero-order valence-electron chi connectivity index (χ0n) is 8.06. The second kappa shape index (κ2) is 9.34. The average molecular weight is 193 g/mol. The molecule has 74 valence electrons. The summed E-state index contributed by atoms with van der Waals surface area (Å²) in [7, 11) is 0. The van der Waals surface area contributed by atoms with Gasteiger partial charge in [-0.2, -0.15) is 0 Å². The third kappa shape index (κ3) is 8.35. The van der Waals surface area contributed by atoms with Crippen molar-refractivity contribution in [1.82, 2.24) is 0 Å². The number of unbranched alkanes of at least 4 members (excludes halogenated alkanes) is 5. The number of rotatable bonds is 8. The van der Waals surface area contributed by atoms with Crippen molar-refractivity contribution in [3.63, 3.8) is 0 Å². The fourth-order valence-electron chi connectivity index (χ4n) is 1.24. The Labute approximate surface area is 81.1 Å². The van der Waals surface area contributed by atoms with Gasteiger partial charge in [0.1, 0.15) is 0 Å². The van der Waals surface area contributed by atoms with E-state index in [1.165, 1.54) is 32.1 Å². The van der Waals surface area contributed by atoms with Crippen molar-refractivity contribution in [3.8, 4) is 0 Å². The van der Waals surface area contributed by atoms with Crippen molar-refractivity contribution in [2.75, 3.05) is 5.88 Å². The molecular weight excluding hydrogens is 172 g/mol. The maximum absolute atomic E-state index is 9.13. The van der Waals surface area contributed by atoms with Crippen LogP contribution in [-0.2, 0) is 0 Å². The lowest BCUT2D eigenvalue weighted by atomic mass is 10.1. The third-order valence-electron chi connectivity index (χ3n) is 2.07. The molecule has 0 fully saturated rings. The van der Waals surface area contributed by atoms with E-state index in [1.807, 2.05) is 0 Å². The smallest absolute Gasteiger partial charge is 0.0675 e. The van der Waals surface area contributed by atoms with Gasteiger partial charge in [-0.3, -0.25) is 0 Å². The Balaban J connectivity index is 2.90. The van der Waals surface area contributed by atoms with E-state index in [0.717, 1.165) is 12.8 Å². The summed E-state index contributed by atoms with van der Waals surface area (Å²) in [6.45, 7) is 2.22. The Hall–Kier alpha value is 0.250. The molecule has 0 aromatic heterocycles. The zero-order chi connectivity index (χ0) is 9.23. The number of hydrogen-bond donors (Lipinski definition) is 1. The minimum atomic E-state index is -0.280. The van der Waals surface area contributed by atoms with E-state index in [4.69, 9.17) is 16.7 Å². The SMILES string of the molecule is CCCCCCCC[C@H](O)CCl. The highest BCUT2D eigenvalue weighted by atomic mass is 35.5. The fraction of sp³-hybridized carbons (Fsp3) is 1.00. The molecule has 1 nitrogen and oxygen atoms in total. The number of hydrogen-bond acceptors (Lipinski definition) is 1. The molecule has 0 aliphatic rings. The lowest BCUT2D eigenvalue weighted by Gasteiger charge is -2.05. The summed E-state index contributed by atoms with van der Waals surface area (Å²) in [5.74, 6) is 0.384. The van der Waals surface area contributed by atoms with Crippen LogP contribution < -0.4 is 0 Å². The quantitative estimate of drug-likeness (QED) is 0.462. The average Bonchev–Trinajstić information content (AvgIpc) is 2.10. The molecule has 0 aliphatic heterocycles. The molecule has 0 unspecified atom stereocenters. The van der Waals surface area contributed by atoms with Gasteiger partial charge in [0.05, 0.1) is 6.10 Å². The van der Waals surface area contributed by atoms with Crippen molar-refractivity contribution in [3.05, 3.63) is 0 Å². The molecule has 0 radical (unpaired) electrons. The van der Waals surface area contributed by atoms with Gasteiger partial charge in [0.15, 0.2) is 0 Å². The molecule has 0 heterocycles. The number of aliphatic hydroxyl groups is 1. The maximum Gasteiger partial charge on any atom is 0.0675 e. The van der Waals surface area contributed by atoms with Crippen LogP contribution in [0, 0.1) is 0 Å². The number of halogens is 1. The predicted octanol–water partition coefficient (Wildman–Crippen LogP) is 3.34. The maximum atomic E-state index is 9.13. The molecule has 2 heteroatoms. The Morgan fingerprint density at radius 1 is 1.08 bits per heavy atom. The lowest BCUT2D eigenvalue weighted by molar-refractivity contribution is 0.183. The van der Waals surface area contributed by atoms with E-state index in [1.54, 1.807) is 0 Å². The Morgan fingerprint density at radius 3 is 2.25 bits per heavy atom. The molecular formula is C10H21ClO. The van der Waals surface area contributed by atoms with Gasteiger partial charge in [0, 0.05) is 5.88 Å². The Morgan fingerprint density at radius 2 is 1.67 bits per heavy atom. The summed E-state index contributed by atoms with van der Waals surface area (Å²) in [6, 6.07) is 0. The van der Waals surface area contributed by atoms with Crippen molar-refractivity contribution in [1.29, 1.82) is 0 Å². The Kier molecular flexibility index (Phi) is 9.53. The summed E-state index contributed by atoms with van der Waals surface area (Å²) in [5.41, 5.74) is 0. The van der Waals surface area contributed by atoms with Crippen molar-refractivity contribution in [2.24, 2.45) is 0 Å². The number of alkyl halides is 1. The van der Waals surface area contributed by atoms with Gasteiger partial charge in [-0.05, 0) is 6.42 Å². The van der Waals surface area contributed by atoms with E-state index in [-0.39, 0.29) is 6.10 Å². The van der Waals surface area contributed by atoms with Gasteiger partial charge in [-0.25, -0.2) is 0 Å². The van der Waals surface area contributed by atoms with Crippen LogP contribution in [0.15, 0.2) is 0 Å². The fourth-order valence-corrected chi connectivity index (χ4v) is 1.39. The molecule has 0 aromatic rings. The van der Waals surface area contributed by atoms with Gasteiger partial charge < -0.3 is 5.11 Å². The first-order valence-corrected chi connectivity index (χ1v) is 5.58. The first-order chi connectivity index (χ1) is 5.81. The van der Waals surface area contributed by atoms with Crippen LogP contribution in [0.4, 0.5) is 0 Å². The zero-order valence-corrected chi connectivity index (χ0v) is 8.82. The summed E-state index contributed by atoms with van der Waals surface area (Å²) in [5, 5.41) is 9.13. The molecule has 0 rings (SSSR count). The minimum Gasteiger partial charge on any atom is -0.392 e.